The summed E-state index contributed by atoms with van der Waals surface area (Å²) in [5, 5.41) is 6.30. The highest BCUT2D eigenvalue weighted by molar-refractivity contribution is 5.85. The van der Waals surface area contributed by atoms with Gasteiger partial charge in [0.25, 0.3) is 0 Å². The van der Waals surface area contributed by atoms with Crippen LogP contribution in [0.2, 0.25) is 0 Å². The number of carbonyl (C=O) groups is 1. The molecule has 1 aliphatic rings. The highest BCUT2D eigenvalue weighted by Crippen LogP contribution is 2.19. The standard InChI is InChI=1S/C15H23N3O.2ClH/c1-3-18(2)14(13-7-5-4-6-8-13)15(19)17-11-12-9-16-10-12;;/h4-8,12,14,16H,3,9-11H2,1-2H3,(H,17,19);2*1H. The molecule has 21 heavy (non-hydrogen) atoms. The third-order valence-electron chi connectivity index (χ3n) is 3.73. The Morgan fingerprint density at radius 1 is 1.33 bits per heavy atom. The summed E-state index contributed by atoms with van der Waals surface area (Å²) in [4.78, 5) is 14.5. The van der Waals surface area contributed by atoms with Crippen LogP contribution in [0.15, 0.2) is 30.3 Å². The van der Waals surface area contributed by atoms with Gasteiger partial charge in [0.15, 0.2) is 0 Å². The van der Waals surface area contributed by atoms with Gasteiger partial charge in [-0.15, -0.1) is 24.8 Å². The number of likely N-dealkylation sites (N-methyl/N-ethyl adjacent to an activating group) is 1. The van der Waals surface area contributed by atoms with Gasteiger partial charge in [0.05, 0.1) is 0 Å². The van der Waals surface area contributed by atoms with Gasteiger partial charge in [0.2, 0.25) is 5.91 Å². The summed E-state index contributed by atoms with van der Waals surface area (Å²) in [6.45, 7) is 5.71. The van der Waals surface area contributed by atoms with Crippen LogP contribution >= 0.6 is 24.8 Å². The van der Waals surface area contributed by atoms with E-state index in [-0.39, 0.29) is 36.8 Å². The Balaban J connectivity index is 0.00000200. The third-order valence-corrected chi connectivity index (χ3v) is 3.73. The van der Waals surface area contributed by atoms with Gasteiger partial charge < -0.3 is 10.6 Å². The van der Waals surface area contributed by atoms with E-state index < -0.39 is 0 Å². The highest BCUT2D eigenvalue weighted by atomic mass is 35.5. The molecule has 1 fully saturated rings. The maximum absolute atomic E-state index is 12.4. The first-order chi connectivity index (χ1) is 9.22. The molecule has 6 heteroatoms. The molecule has 0 radical (unpaired) electrons. The first-order valence-corrected chi connectivity index (χ1v) is 6.96. The predicted molar refractivity (Wildman–Crippen MR) is 91.4 cm³/mol. The van der Waals surface area contributed by atoms with Gasteiger partial charge in [-0.05, 0) is 19.2 Å². The molecule has 0 spiro atoms. The molecular formula is C15H25Cl2N3O. The summed E-state index contributed by atoms with van der Waals surface area (Å²) in [5.41, 5.74) is 1.05. The molecular weight excluding hydrogens is 309 g/mol. The van der Waals surface area contributed by atoms with Crippen LogP contribution in [0.1, 0.15) is 18.5 Å². The largest absolute Gasteiger partial charge is 0.354 e. The fourth-order valence-electron chi connectivity index (χ4n) is 2.26. The summed E-state index contributed by atoms with van der Waals surface area (Å²) in [6, 6.07) is 9.77. The second-order valence-corrected chi connectivity index (χ2v) is 5.16. The lowest BCUT2D eigenvalue weighted by molar-refractivity contribution is -0.126. The summed E-state index contributed by atoms with van der Waals surface area (Å²) >= 11 is 0. The van der Waals surface area contributed by atoms with Gasteiger partial charge in [-0.2, -0.15) is 0 Å². The molecule has 1 aromatic carbocycles. The number of rotatable bonds is 6. The molecule has 1 unspecified atom stereocenters. The fourth-order valence-corrected chi connectivity index (χ4v) is 2.26. The van der Waals surface area contributed by atoms with Crippen LogP contribution in [0, 0.1) is 5.92 Å². The lowest BCUT2D eigenvalue weighted by Crippen LogP contribution is -2.49. The number of carbonyl (C=O) groups excluding carboxylic acids is 1. The molecule has 0 aromatic heterocycles. The average Bonchev–Trinajstić information content (AvgIpc) is 2.38. The van der Waals surface area contributed by atoms with E-state index in [0.29, 0.717) is 5.92 Å². The number of hydrogen-bond donors (Lipinski definition) is 2. The van der Waals surface area contributed by atoms with Crippen LogP contribution in [0.4, 0.5) is 0 Å². The Morgan fingerprint density at radius 2 is 1.95 bits per heavy atom. The SMILES string of the molecule is CCN(C)C(C(=O)NCC1CNC1)c1ccccc1.Cl.Cl. The number of hydrogen-bond acceptors (Lipinski definition) is 3. The fraction of sp³-hybridized carbons (Fsp3) is 0.533. The molecule has 1 aliphatic heterocycles. The summed E-state index contributed by atoms with van der Waals surface area (Å²) in [7, 11) is 1.99. The minimum absolute atomic E-state index is 0. The molecule has 1 aromatic rings. The minimum Gasteiger partial charge on any atom is -0.354 e. The van der Waals surface area contributed by atoms with Gasteiger partial charge in [-0.1, -0.05) is 37.3 Å². The van der Waals surface area contributed by atoms with Crippen LogP contribution in [0.5, 0.6) is 0 Å². The van der Waals surface area contributed by atoms with Gasteiger partial charge in [-0.25, -0.2) is 0 Å². The molecule has 2 N–H and O–H groups in total. The summed E-state index contributed by atoms with van der Waals surface area (Å²) < 4.78 is 0. The van der Waals surface area contributed by atoms with E-state index in [9.17, 15) is 4.79 Å². The van der Waals surface area contributed by atoms with Crippen molar-refractivity contribution in [2.75, 3.05) is 33.2 Å². The minimum atomic E-state index is -0.195. The number of nitrogens with zero attached hydrogens (tertiary/aromatic N) is 1. The van der Waals surface area contributed by atoms with Gasteiger partial charge in [0, 0.05) is 25.6 Å². The van der Waals surface area contributed by atoms with Crippen molar-refractivity contribution in [1.82, 2.24) is 15.5 Å². The van der Waals surface area contributed by atoms with Gasteiger partial charge in [0.1, 0.15) is 6.04 Å². The van der Waals surface area contributed by atoms with Crippen LogP contribution in [0.3, 0.4) is 0 Å². The smallest absolute Gasteiger partial charge is 0.241 e. The molecule has 1 saturated heterocycles. The number of halogens is 2. The van der Waals surface area contributed by atoms with E-state index in [0.717, 1.165) is 31.7 Å². The third kappa shape index (κ3) is 5.47. The molecule has 0 aliphatic carbocycles. The summed E-state index contributed by atoms with van der Waals surface area (Å²) in [6.07, 6.45) is 0. The van der Waals surface area contributed by atoms with Crippen molar-refractivity contribution in [3.8, 4) is 0 Å². The number of amides is 1. The monoisotopic (exact) mass is 333 g/mol. The van der Waals surface area contributed by atoms with Crippen molar-refractivity contribution in [1.29, 1.82) is 0 Å². The van der Waals surface area contributed by atoms with Crippen LogP contribution < -0.4 is 10.6 Å². The zero-order valence-electron chi connectivity index (χ0n) is 12.5. The quantitative estimate of drug-likeness (QED) is 0.835. The lowest BCUT2D eigenvalue weighted by atomic mass is 10.0. The second kappa shape index (κ2) is 10.0. The topological polar surface area (TPSA) is 44.4 Å². The van der Waals surface area contributed by atoms with Crippen molar-refractivity contribution in [2.24, 2.45) is 5.92 Å². The first-order valence-electron chi connectivity index (χ1n) is 6.96. The van der Waals surface area contributed by atoms with Crippen molar-refractivity contribution < 1.29 is 4.79 Å². The van der Waals surface area contributed by atoms with E-state index in [1.807, 2.05) is 37.4 Å². The highest BCUT2D eigenvalue weighted by Gasteiger charge is 2.25. The molecule has 0 bridgehead atoms. The zero-order chi connectivity index (χ0) is 13.7. The maximum Gasteiger partial charge on any atom is 0.241 e. The van der Waals surface area contributed by atoms with E-state index in [2.05, 4.69) is 22.5 Å². The van der Waals surface area contributed by atoms with Gasteiger partial charge in [-0.3, -0.25) is 9.69 Å². The van der Waals surface area contributed by atoms with Crippen LogP contribution in [-0.2, 0) is 4.79 Å². The van der Waals surface area contributed by atoms with E-state index >= 15 is 0 Å². The maximum atomic E-state index is 12.4. The average molecular weight is 334 g/mol. The molecule has 1 amide bonds. The first kappa shape index (κ1) is 20.2. The molecule has 2 rings (SSSR count). The molecule has 120 valence electrons. The Kier molecular flexibility index (Phi) is 9.62. The van der Waals surface area contributed by atoms with Gasteiger partial charge >= 0.3 is 0 Å². The zero-order valence-corrected chi connectivity index (χ0v) is 14.2. The van der Waals surface area contributed by atoms with Crippen molar-refractivity contribution in [2.45, 2.75) is 13.0 Å². The molecule has 1 atom stereocenters. The van der Waals surface area contributed by atoms with Crippen molar-refractivity contribution >= 4 is 30.7 Å². The molecule has 1 heterocycles. The van der Waals surface area contributed by atoms with E-state index in [1.165, 1.54) is 0 Å². The Bertz CT molecular complexity index is 413. The lowest BCUT2D eigenvalue weighted by Gasteiger charge is -2.30. The molecule has 4 nitrogen and oxygen atoms in total. The predicted octanol–water partition coefficient (Wildman–Crippen LogP) is 1.86. The Hall–Kier alpha value is -0.810. The Labute approximate surface area is 139 Å². The van der Waals surface area contributed by atoms with E-state index in [4.69, 9.17) is 0 Å². The molecule has 0 saturated carbocycles. The summed E-state index contributed by atoms with van der Waals surface area (Å²) in [5.74, 6) is 0.690. The van der Waals surface area contributed by atoms with Crippen molar-refractivity contribution in [3.63, 3.8) is 0 Å². The number of benzene rings is 1. The normalized spacial score (nSPS) is 15.4. The van der Waals surface area contributed by atoms with Crippen LogP contribution in [-0.4, -0.2) is 44.0 Å². The Morgan fingerprint density at radius 3 is 2.43 bits per heavy atom. The van der Waals surface area contributed by atoms with Crippen LogP contribution in [0.25, 0.3) is 0 Å². The number of nitrogens with one attached hydrogen (secondary N) is 2. The second-order valence-electron chi connectivity index (χ2n) is 5.16. The van der Waals surface area contributed by atoms with E-state index in [1.54, 1.807) is 0 Å². The van der Waals surface area contributed by atoms with Crippen molar-refractivity contribution in [3.05, 3.63) is 35.9 Å².